The molecule has 0 heterocycles. The quantitative estimate of drug-likeness (QED) is 0.366. The smallest absolute Gasteiger partial charge is 0.0691 e. The number of allylic oxidation sites excluding steroid dienone is 1. The van der Waals surface area contributed by atoms with Crippen LogP contribution in [0.2, 0.25) is 0 Å². The molecule has 0 rings (SSSR count). The summed E-state index contributed by atoms with van der Waals surface area (Å²) in [6.07, 6.45) is 1.42. The Hall–Kier alpha value is -0.520. The minimum Gasteiger partial charge on any atom is -0.264 e. The van der Waals surface area contributed by atoms with Crippen molar-refractivity contribution in [1.82, 2.24) is 0 Å². The van der Waals surface area contributed by atoms with Crippen molar-refractivity contribution in [3.8, 4) is 0 Å². The lowest BCUT2D eigenvalue weighted by molar-refractivity contribution is 1.59. The fraction of sp³-hybridized carbons (Fsp3) is 0.200. The molecule has 38 valence electrons. The summed E-state index contributed by atoms with van der Waals surface area (Å²) in [6, 6.07) is 0. The Balaban J connectivity index is 3.86. The van der Waals surface area contributed by atoms with Gasteiger partial charge in [0, 0.05) is 0 Å². The standard InChI is InChI=1S/C5H6ClN/c1-5(6)3-4-7-2/h4H,2H2,1H3. The molecule has 0 bridgehead atoms. The molecule has 0 aliphatic heterocycles. The van der Waals surface area contributed by atoms with Gasteiger partial charge in [0.05, 0.1) is 11.2 Å². The predicted octanol–water partition coefficient (Wildman–Crippen LogP) is 1.94. The highest BCUT2D eigenvalue weighted by Crippen LogP contribution is 1.92. The fourth-order valence-electron chi connectivity index (χ4n) is 0.135. The molecule has 7 heavy (non-hydrogen) atoms. The van der Waals surface area contributed by atoms with Crippen molar-refractivity contribution in [3.63, 3.8) is 0 Å². The van der Waals surface area contributed by atoms with Crippen LogP contribution in [0, 0.1) is 0 Å². The van der Waals surface area contributed by atoms with E-state index in [1.807, 2.05) is 0 Å². The third kappa shape index (κ3) is 5.48. The summed E-state index contributed by atoms with van der Waals surface area (Å²) < 4.78 is 0. The monoisotopic (exact) mass is 115 g/mol. The molecule has 0 N–H and O–H groups in total. The van der Waals surface area contributed by atoms with Gasteiger partial charge in [-0.05, 0) is 13.6 Å². The van der Waals surface area contributed by atoms with Crippen molar-refractivity contribution in [3.05, 3.63) is 17.0 Å². The molecule has 0 unspecified atom stereocenters. The number of aliphatic imine (C=N–C) groups is 1. The third-order valence-electron chi connectivity index (χ3n) is 0.355. The van der Waals surface area contributed by atoms with E-state index in [2.05, 4.69) is 17.4 Å². The Kier molecular flexibility index (Phi) is 3.39. The number of hydrogen-bond donors (Lipinski definition) is 0. The summed E-state index contributed by atoms with van der Waals surface area (Å²) in [5.74, 6) is 0. The molecule has 0 amide bonds. The van der Waals surface area contributed by atoms with Crippen LogP contribution in [0.4, 0.5) is 0 Å². The maximum absolute atomic E-state index is 5.34. The Bertz CT molecular complexity index is 116. The van der Waals surface area contributed by atoms with Gasteiger partial charge in [0.1, 0.15) is 0 Å². The van der Waals surface area contributed by atoms with Crippen LogP contribution >= 0.6 is 11.6 Å². The molecule has 0 fully saturated rings. The molecule has 0 radical (unpaired) electrons. The second kappa shape index (κ2) is 3.66. The first-order valence-corrected chi connectivity index (χ1v) is 2.18. The van der Waals surface area contributed by atoms with Gasteiger partial charge in [-0.3, -0.25) is 4.99 Å². The van der Waals surface area contributed by atoms with Crippen molar-refractivity contribution >= 4 is 18.3 Å². The van der Waals surface area contributed by atoms with Crippen LogP contribution in [0.1, 0.15) is 6.92 Å². The van der Waals surface area contributed by atoms with Gasteiger partial charge in [0.25, 0.3) is 0 Å². The van der Waals surface area contributed by atoms with Gasteiger partial charge in [0.2, 0.25) is 0 Å². The van der Waals surface area contributed by atoms with Gasteiger partial charge in [-0.2, -0.15) is 0 Å². The Labute approximate surface area is 48.0 Å². The maximum atomic E-state index is 5.34. The van der Waals surface area contributed by atoms with Crippen LogP contribution < -0.4 is 0 Å². The largest absolute Gasteiger partial charge is 0.264 e. The first-order chi connectivity index (χ1) is 3.27. The molecular weight excluding hydrogens is 110 g/mol. The van der Waals surface area contributed by atoms with E-state index in [0.29, 0.717) is 5.03 Å². The molecule has 0 aromatic heterocycles. The van der Waals surface area contributed by atoms with E-state index in [1.54, 1.807) is 6.92 Å². The molecule has 2 heteroatoms. The Morgan fingerprint density at radius 1 is 2.00 bits per heavy atom. The molecule has 0 saturated carbocycles. The summed E-state index contributed by atoms with van der Waals surface area (Å²) in [5, 5.41) is 0.590. The van der Waals surface area contributed by atoms with Gasteiger partial charge in [0.15, 0.2) is 0 Å². The lowest BCUT2D eigenvalue weighted by Gasteiger charge is -1.67. The summed E-state index contributed by atoms with van der Waals surface area (Å²) in [6.45, 7) is 4.92. The summed E-state index contributed by atoms with van der Waals surface area (Å²) in [5.41, 5.74) is 2.62. The van der Waals surface area contributed by atoms with Crippen molar-refractivity contribution in [2.24, 2.45) is 4.99 Å². The summed E-state index contributed by atoms with van der Waals surface area (Å²) in [7, 11) is 0. The van der Waals surface area contributed by atoms with Crippen LogP contribution in [0.5, 0.6) is 0 Å². The normalized spacial score (nSPS) is 6.57. The topological polar surface area (TPSA) is 12.4 Å². The highest BCUT2D eigenvalue weighted by molar-refractivity contribution is 6.29. The van der Waals surface area contributed by atoms with Crippen LogP contribution in [0.25, 0.3) is 0 Å². The van der Waals surface area contributed by atoms with Crippen LogP contribution in [-0.4, -0.2) is 6.72 Å². The van der Waals surface area contributed by atoms with Gasteiger partial charge in [-0.15, -0.1) is 0 Å². The van der Waals surface area contributed by atoms with E-state index in [1.165, 1.54) is 6.20 Å². The van der Waals surface area contributed by atoms with Crippen LogP contribution in [0.3, 0.4) is 0 Å². The van der Waals surface area contributed by atoms with Gasteiger partial charge in [-0.1, -0.05) is 17.3 Å². The molecule has 0 aromatic rings. The number of halogens is 1. The first-order valence-electron chi connectivity index (χ1n) is 1.80. The lowest BCUT2D eigenvalue weighted by Crippen LogP contribution is -1.45. The van der Waals surface area contributed by atoms with E-state index >= 15 is 0 Å². The van der Waals surface area contributed by atoms with Crippen molar-refractivity contribution in [1.29, 1.82) is 0 Å². The SMILES string of the molecule is C=NC=C=C(C)Cl. The first kappa shape index (κ1) is 6.48. The highest BCUT2D eigenvalue weighted by atomic mass is 35.5. The van der Waals surface area contributed by atoms with E-state index < -0.39 is 0 Å². The van der Waals surface area contributed by atoms with Crippen molar-refractivity contribution in [2.45, 2.75) is 6.92 Å². The minimum absolute atomic E-state index is 0.590. The molecule has 0 atom stereocenters. The number of hydrogen-bond acceptors (Lipinski definition) is 1. The second-order valence-electron chi connectivity index (χ2n) is 0.989. The van der Waals surface area contributed by atoms with E-state index in [9.17, 15) is 0 Å². The fourth-order valence-corrected chi connectivity index (χ4v) is 0.183. The minimum atomic E-state index is 0.590. The van der Waals surface area contributed by atoms with E-state index in [4.69, 9.17) is 11.6 Å². The molecular formula is C5H6ClN. The molecule has 0 spiro atoms. The predicted molar refractivity (Wildman–Crippen MR) is 32.7 cm³/mol. The van der Waals surface area contributed by atoms with Gasteiger partial charge < -0.3 is 0 Å². The van der Waals surface area contributed by atoms with Gasteiger partial charge >= 0.3 is 0 Å². The van der Waals surface area contributed by atoms with Crippen molar-refractivity contribution in [2.75, 3.05) is 0 Å². The highest BCUT2D eigenvalue weighted by Gasteiger charge is 1.65. The molecule has 0 aromatic carbocycles. The molecule has 1 nitrogen and oxygen atoms in total. The zero-order chi connectivity index (χ0) is 5.70. The molecule has 0 aliphatic rings. The van der Waals surface area contributed by atoms with E-state index in [0.717, 1.165) is 0 Å². The van der Waals surface area contributed by atoms with Gasteiger partial charge in [-0.25, -0.2) is 0 Å². The average molecular weight is 116 g/mol. The Morgan fingerprint density at radius 3 is 2.71 bits per heavy atom. The van der Waals surface area contributed by atoms with Crippen LogP contribution in [-0.2, 0) is 0 Å². The number of nitrogens with zero attached hydrogens (tertiary/aromatic N) is 1. The molecule has 0 aliphatic carbocycles. The zero-order valence-electron chi connectivity index (χ0n) is 4.11. The van der Waals surface area contributed by atoms with E-state index in [-0.39, 0.29) is 0 Å². The zero-order valence-corrected chi connectivity index (χ0v) is 4.87. The summed E-state index contributed by atoms with van der Waals surface area (Å²) in [4.78, 5) is 3.38. The summed E-state index contributed by atoms with van der Waals surface area (Å²) >= 11 is 5.34. The maximum Gasteiger partial charge on any atom is 0.0691 e. The number of rotatable bonds is 1. The second-order valence-corrected chi connectivity index (χ2v) is 1.56. The molecule has 0 saturated heterocycles. The lowest BCUT2D eigenvalue weighted by atomic mass is 10.7. The third-order valence-corrected chi connectivity index (χ3v) is 0.464. The van der Waals surface area contributed by atoms with Crippen LogP contribution in [0.15, 0.2) is 22.0 Å². The van der Waals surface area contributed by atoms with Crippen molar-refractivity contribution < 1.29 is 0 Å². The average Bonchev–Trinajstić information content (AvgIpc) is 1.61. The Morgan fingerprint density at radius 2 is 2.57 bits per heavy atom.